The first-order valence-corrected chi connectivity index (χ1v) is 25.8. The molecule has 0 aliphatic carbocycles. The van der Waals surface area contributed by atoms with Crippen LogP contribution in [0.5, 0.6) is 0 Å². The Kier molecular flexibility index (Phi) is 23.4. The zero-order valence-corrected chi connectivity index (χ0v) is 46.7. The Morgan fingerprint density at radius 2 is 0.829 bits per heavy atom. The molecule has 0 saturated heterocycles. The SMILES string of the molecule is CON=C[C@@H](F)[C@H](OC(=O)c1cc(C)cc(C)c1)[C@@H](C)COC(=O)c1cc(C)cc(C)c1.CON=C[C@@H](F)[C@H](OC(=O)c1cc(C)cc(C)c1)[C@@H](COC(=O)c1cc(C)cc(C)c1)OS(=O)(=O)c1cc(Cl)c(Cl)cc1Cl. The molecular weight excluding hydrogens is 1070 g/mol. The van der Waals surface area contributed by atoms with Crippen LogP contribution < -0.4 is 0 Å². The van der Waals surface area contributed by atoms with Gasteiger partial charge in [0.05, 0.1) is 56.4 Å². The van der Waals surface area contributed by atoms with Crippen LogP contribution in [0.1, 0.15) is 92.9 Å². The molecule has 0 N–H and O–H groups in total. The second kappa shape index (κ2) is 28.6. The summed E-state index contributed by atoms with van der Waals surface area (Å²) in [6.07, 6.45) is -7.69. The fraction of sp³-hybridized carbons (Fsp3) is 0.345. The van der Waals surface area contributed by atoms with Crippen molar-refractivity contribution in [3.05, 3.63) is 167 Å². The average molecular weight is 1130 g/mol. The second-order valence-corrected chi connectivity index (χ2v) is 20.7. The van der Waals surface area contributed by atoms with E-state index in [2.05, 4.69) is 20.0 Å². The Labute approximate surface area is 456 Å². The molecule has 0 unspecified atom stereocenters. The summed E-state index contributed by atoms with van der Waals surface area (Å²) >= 11 is 18.1. The van der Waals surface area contributed by atoms with Gasteiger partial charge in [0.1, 0.15) is 31.8 Å². The van der Waals surface area contributed by atoms with E-state index in [4.69, 9.17) is 57.9 Å². The number of carbonyl (C=O) groups is 4. The van der Waals surface area contributed by atoms with Crippen molar-refractivity contribution in [3.63, 3.8) is 0 Å². The van der Waals surface area contributed by atoms with Crippen LogP contribution in [0, 0.1) is 61.3 Å². The molecule has 0 bridgehead atoms. The molecule has 5 rings (SSSR count). The summed E-state index contributed by atoms with van der Waals surface area (Å²) < 4.78 is 84.5. The van der Waals surface area contributed by atoms with E-state index in [1.165, 1.54) is 19.2 Å². The minimum atomic E-state index is -4.87. The van der Waals surface area contributed by atoms with Gasteiger partial charge in [-0.1, -0.05) is 121 Å². The Balaban J connectivity index is 0.000000346. The van der Waals surface area contributed by atoms with Gasteiger partial charge < -0.3 is 28.6 Å². The molecule has 15 nitrogen and oxygen atoms in total. The number of oxime groups is 2. The van der Waals surface area contributed by atoms with Crippen molar-refractivity contribution in [1.82, 2.24) is 0 Å². The second-order valence-electron chi connectivity index (χ2n) is 18.0. The summed E-state index contributed by atoms with van der Waals surface area (Å²) in [5, 5.41) is 6.27. The molecule has 0 radical (unpaired) electrons. The number of hydrogen-bond acceptors (Lipinski definition) is 15. The van der Waals surface area contributed by atoms with E-state index in [0.29, 0.717) is 17.3 Å². The van der Waals surface area contributed by atoms with E-state index in [0.717, 1.165) is 70.0 Å². The predicted molar refractivity (Wildman–Crippen MR) is 286 cm³/mol. The smallest absolute Gasteiger partial charge is 0.338 e. The number of ether oxygens (including phenoxy) is 4. The molecule has 0 fully saturated rings. The molecule has 0 spiro atoms. The molecule has 6 atom stereocenters. The lowest BCUT2D eigenvalue weighted by Gasteiger charge is -2.27. The normalized spacial score (nSPS) is 13.8. The van der Waals surface area contributed by atoms with E-state index in [1.54, 1.807) is 71.0 Å². The van der Waals surface area contributed by atoms with Gasteiger partial charge in [-0.15, -0.1) is 0 Å². The molecule has 5 aromatic rings. The van der Waals surface area contributed by atoms with Crippen LogP contribution in [0.3, 0.4) is 0 Å². The van der Waals surface area contributed by atoms with Crippen LogP contribution in [0.15, 0.2) is 100 Å². The van der Waals surface area contributed by atoms with Gasteiger partial charge in [-0.3, -0.25) is 4.18 Å². The zero-order valence-electron chi connectivity index (χ0n) is 43.6. The van der Waals surface area contributed by atoms with Gasteiger partial charge in [0, 0.05) is 5.92 Å². The van der Waals surface area contributed by atoms with Crippen LogP contribution in [0.25, 0.3) is 0 Å². The monoisotopic (exact) mass is 1130 g/mol. The number of esters is 4. The van der Waals surface area contributed by atoms with Crippen molar-refractivity contribution in [2.45, 2.75) is 97.9 Å². The van der Waals surface area contributed by atoms with Crippen LogP contribution in [0.2, 0.25) is 15.1 Å². The summed E-state index contributed by atoms with van der Waals surface area (Å²) in [5.41, 5.74) is 7.57. The fourth-order valence-corrected chi connectivity index (χ4v) is 9.77. The molecule has 0 heterocycles. The standard InChI is InChI=1S/C30H29Cl3FNO8S.C25H30FNO5/c1-16-6-17(2)9-20(8-16)29(36)41-15-26(43-44(38,39)27-13-23(32)22(31)12-24(27)33)28(25(34)14-35-40-5)42-30(37)21-10-18(3)7-19(4)11-21;1-15-7-16(2)10-20(9-15)24(28)31-14-19(5)23(22(26)13-27-30-6)32-25(29)21-11-17(3)8-18(4)12-21/h6-14,25-26,28H,15H2,1-5H3;7-13,19,22-23H,14H2,1-6H3/t25-,26-,28+;19-,22+,23+/m10/s1. The van der Waals surface area contributed by atoms with Gasteiger partial charge in [-0.25, -0.2) is 28.0 Å². The number of halogens is 5. The number of nitrogens with zero attached hydrogens (tertiary/aromatic N) is 2. The summed E-state index contributed by atoms with van der Waals surface area (Å²) in [6, 6.07) is 22.4. The Hall–Kier alpha value is -6.44. The number of rotatable bonds is 21. The Bertz CT molecular complexity index is 2990. The minimum absolute atomic E-state index is 0.0330. The lowest BCUT2D eigenvalue weighted by Crippen LogP contribution is -2.45. The number of carbonyl (C=O) groups excluding carboxylic acids is 4. The van der Waals surface area contributed by atoms with E-state index in [9.17, 15) is 32.0 Å². The van der Waals surface area contributed by atoms with Gasteiger partial charge in [-0.2, -0.15) is 8.42 Å². The molecule has 0 saturated carbocycles. The zero-order chi connectivity index (χ0) is 56.6. The summed E-state index contributed by atoms with van der Waals surface area (Å²) in [5.74, 6) is -3.70. The third-order valence-electron chi connectivity index (χ3n) is 10.8. The van der Waals surface area contributed by atoms with E-state index in [-0.39, 0.29) is 32.8 Å². The maximum absolute atomic E-state index is 15.7. The molecule has 21 heteroatoms. The molecule has 0 aromatic heterocycles. The molecule has 5 aromatic carbocycles. The van der Waals surface area contributed by atoms with Crippen LogP contribution in [0.4, 0.5) is 8.78 Å². The van der Waals surface area contributed by atoms with Crippen LogP contribution in [-0.2, 0) is 42.9 Å². The Morgan fingerprint density at radius 3 is 1.21 bits per heavy atom. The highest BCUT2D eigenvalue weighted by atomic mass is 35.5. The number of alkyl halides is 2. The Morgan fingerprint density at radius 1 is 0.500 bits per heavy atom. The molecule has 76 heavy (non-hydrogen) atoms. The highest BCUT2D eigenvalue weighted by Gasteiger charge is 2.40. The van der Waals surface area contributed by atoms with Gasteiger partial charge in [-0.05, 0) is 116 Å². The first-order chi connectivity index (χ1) is 35.7. The molecule has 0 amide bonds. The fourth-order valence-electron chi connectivity index (χ4n) is 7.72. The van der Waals surface area contributed by atoms with Gasteiger partial charge in [0.2, 0.25) is 0 Å². The molecule has 0 aliphatic rings. The molecule has 408 valence electrons. The number of benzene rings is 5. The van der Waals surface area contributed by atoms with Crippen molar-refractivity contribution in [2.24, 2.45) is 16.2 Å². The number of hydrogen-bond donors (Lipinski definition) is 0. The highest BCUT2D eigenvalue weighted by Crippen LogP contribution is 2.34. The van der Waals surface area contributed by atoms with E-state index >= 15 is 4.39 Å². The summed E-state index contributed by atoms with van der Waals surface area (Å²) in [7, 11) is -2.43. The number of aryl methyl sites for hydroxylation is 8. The van der Waals surface area contributed by atoms with Crippen molar-refractivity contribution in [2.75, 3.05) is 27.4 Å². The topological polar surface area (TPSA) is 192 Å². The first kappa shape index (κ1) is 62.1. The average Bonchev–Trinajstić information content (AvgIpc) is 3.33. The largest absolute Gasteiger partial charge is 0.462 e. The van der Waals surface area contributed by atoms with Crippen molar-refractivity contribution in [3.8, 4) is 0 Å². The lowest BCUT2D eigenvalue weighted by molar-refractivity contribution is -0.0478. The highest BCUT2D eigenvalue weighted by molar-refractivity contribution is 7.87. The third-order valence-corrected chi connectivity index (χ3v) is 13.4. The quantitative estimate of drug-likeness (QED) is 0.0168. The van der Waals surface area contributed by atoms with Crippen LogP contribution in [-0.4, -0.2) is 103 Å². The lowest BCUT2D eigenvalue weighted by atomic mass is 10.0. The first-order valence-electron chi connectivity index (χ1n) is 23.3. The summed E-state index contributed by atoms with van der Waals surface area (Å²) in [6.45, 7) is 15.2. The van der Waals surface area contributed by atoms with E-state index < -0.39 is 82.1 Å². The minimum Gasteiger partial charge on any atom is -0.462 e. The van der Waals surface area contributed by atoms with Crippen molar-refractivity contribution < 1.29 is 69.2 Å². The van der Waals surface area contributed by atoms with Gasteiger partial charge in [0.15, 0.2) is 24.6 Å². The maximum Gasteiger partial charge on any atom is 0.338 e. The molecule has 0 aliphatic heterocycles. The van der Waals surface area contributed by atoms with Gasteiger partial charge >= 0.3 is 23.9 Å². The van der Waals surface area contributed by atoms with Gasteiger partial charge in [0.25, 0.3) is 10.1 Å². The summed E-state index contributed by atoms with van der Waals surface area (Å²) in [4.78, 5) is 59.9. The third kappa shape index (κ3) is 18.7. The molecular formula is C55H59Cl3F2N2O13S. The predicted octanol–water partition coefficient (Wildman–Crippen LogP) is 11.9. The maximum atomic E-state index is 15.7. The van der Waals surface area contributed by atoms with E-state index in [1.807, 2.05) is 52.0 Å². The van der Waals surface area contributed by atoms with Crippen molar-refractivity contribution in [1.29, 1.82) is 0 Å². The van der Waals surface area contributed by atoms with Crippen molar-refractivity contribution >= 4 is 81.2 Å². The van der Waals surface area contributed by atoms with Crippen LogP contribution >= 0.6 is 34.8 Å².